The molecule has 0 fully saturated rings. The first-order valence-corrected chi connectivity index (χ1v) is 9.64. The van der Waals surface area contributed by atoms with Crippen molar-refractivity contribution in [2.24, 2.45) is 0 Å². The maximum absolute atomic E-state index is 10.1. The molecular formula is C23H28N2O2. The van der Waals surface area contributed by atoms with Gasteiger partial charge in [0.05, 0.1) is 25.1 Å². The molecule has 3 rings (SSSR count). The number of rotatable bonds is 10. The van der Waals surface area contributed by atoms with Crippen molar-refractivity contribution in [1.82, 2.24) is 9.55 Å². The summed E-state index contributed by atoms with van der Waals surface area (Å²) in [4.78, 5) is 4.10. The normalized spacial score (nSPS) is 13.3. The van der Waals surface area contributed by atoms with Crippen LogP contribution in [0.4, 0.5) is 0 Å². The number of aliphatic hydroxyl groups is 1. The number of aliphatic hydroxyl groups excluding tert-OH is 1. The lowest BCUT2D eigenvalue weighted by atomic mass is 10.0. The molecular weight excluding hydrogens is 336 g/mol. The summed E-state index contributed by atoms with van der Waals surface area (Å²) in [6, 6.07) is 18.7. The number of ether oxygens (including phenoxy) is 1. The van der Waals surface area contributed by atoms with Crippen LogP contribution in [0.25, 0.3) is 0 Å². The summed E-state index contributed by atoms with van der Waals surface area (Å²) in [6.07, 6.45) is 8.68. The quantitative estimate of drug-likeness (QED) is 0.541. The fourth-order valence-electron chi connectivity index (χ4n) is 3.36. The molecule has 142 valence electrons. The second-order valence-electron chi connectivity index (χ2n) is 6.90. The Labute approximate surface area is 161 Å². The zero-order chi connectivity index (χ0) is 18.9. The van der Waals surface area contributed by atoms with E-state index in [1.54, 1.807) is 12.5 Å². The summed E-state index contributed by atoms with van der Waals surface area (Å²) < 4.78 is 8.04. The second-order valence-corrected chi connectivity index (χ2v) is 6.90. The van der Waals surface area contributed by atoms with Crippen molar-refractivity contribution in [3.8, 4) is 5.75 Å². The van der Waals surface area contributed by atoms with E-state index in [1.165, 1.54) is 11.1 Å². The van der Waals surface area contributed by atoms with Crippen LogP contribution in [0.3, 0.4) is 0 Å². The SMILES string of the molecule is C[C@H](O)[C@@H](CCc1ccccc1OCCCc1ccccc1)n1ccnc1. The Morgan fingerprint density at radius 1 is 1.04 bits per heavy atom. The van der Waals surface area contributed by atoms with Crippen molar-refractivity contribution in [2.45, 2.75) is 44.8 Å². The molecule has 4 heteroatoms. The van der Waals surface area contributed by atoms with Crippen LogP contribution in [0.2, 0.25) is 0 Å². The van der Waals surface area contributed by atoms with Gasteiger partial charge in [0.15, 0.2) is 0 Å². The molecule has 0 aliphatic rings. The van der Waals surface area contributed by atoms with Crippen LogP contribution in [0.1, 0.15) is 36.9 Å². The zero-order valence-electron chi connectivity index (χ0n) is 15.9. The van der Waals surface area contributed by atoms with Crippen molar-refractivity contribution in [2.75, 3.05) is 6.61 Å². The summed E-state index contributed by atoms with van der Waals surface area (Å²) in [5.74, 6) is 0.945. The monoisotopic (exact) mass is 364 g/mol. The van der Waals surface area contributed by atoms with Crippen LogP contribution in [-0.2, 0) is 12.8 Å². The van der Waals surface area contributed by atoms with Crippen molar-refractivity contribution < 1.29 is 9.84 Å². The fourth-order valence-corrected chi connectivity index (χ4v) is 3.36. The van der Waals surface area contributed by atoms with Gasteiger partial charge >= 0.3 is 0 Å². The summed E-state index contributed by atoms with van der Waals surface area (Å²) in [5.41, 5.74) is 2.53. The van der Waals surface area contributed by atoms with Gasteiger partial charge in [0.2, 0.25) is 0 Å². The Bertz CT molecular complexity index is 785. The minimum Gasteiger partial charge on any atom is -0.493 e. The number of hydrogen-bond acceptors (Lipinski definition) is 3. The maximum Gasteiger partial charge on any atom is 0.122 e. The Hall–Kier alpha value is -2.59. The van der Waals surface area contributed by atoms with Crippen LogP contribution >= 0.6 is 0 Å². The number of nitrogens with zero attached hydrogens (tertiary/aromatic N) is 2. The van der Waals surface area contributed by atoms with E-state index in [4.69, 9.17) is 4.74 Å². The second kappa shape index (κ2) is 9.93. The van der Waals surface area contributed by atoms with Gasteiger partial charge in [-0.3, -0.25) is 0 Å². The van der Waals surface area contributed by atoms with E-state index < -0.39 is 6.10 Å². The molecule has 1 heterocycles. The van der Waals surface area contributed by atoms with Crippen molar-refractivity contribution >= 4 is 0 Å². The van der Waals surface area contributed by atoms with Gasteiger partial charge in [-0.1, -0.05) is 48.5 Å². The minimum absolute atomic E-state index is 0.0126. The van der Waals surface area contributed by atoms with E-state index in [2.05, 4.69) is 35.3 Å². The van der Waals surface area contributed by atoms with Gasteiger partial charge in [-0.05, 0) is 49.8 Å². The molecule has 0 aliphatic heterocycles. The van der Waals surface area contributed by atoms with Gasteiger partial charge in [-0.15, -0.1) is 0 Å². The lowest BCUT2D eigenvalue weighted by Crippen LogP contribution is -2.21. The van der Waals surface area contributed by atoms with Gasteiger partial charge in [0.25, 0.3) is 0 Å². The van der Waals surface area contributed by atoms with E-state index in [0.717, 1.165) is 31.4 Å². The third kappa shape index (κ3) is 5.69. The Morgan fingerprint density at radius 3 is 2.56 bits per heavy atom. The van der Waals surface area contributed by atoms with Crippen LogP contribution in [0.15, 0.2) is 73.3 Å². The highest BCUT2D eigenvalue weighted by molar-refractivity contribution is 5.33. The third-order valence-electron chi connectivity index (χ3n) is 4.86. The van der Waals surface area contributed by atoms with E-state index in [1.807, 2.05) is 42.0 Å². The molecule has 0 spiro atoms. The van der Waals surface area contributed by atoms with Crippen LogP contribution in [-0.4, -0.2) is 27.4 Å². The lowest BCUT2D eigenvalue weighted by molar-refractivity contribution is 0.124. The summed E-state index contributed by atoms with van der Waals surface area (Å²) in [7, 11) is 0. The van der Waals surface area contributed by atoms with E-state index in [0.29, 0.717) is 6.61 Å². The number of hydrogen-bond donors (Lipinski definition) is 1. The summed E-state index contributed by atoms with van der Waals surface area (Å²) >= 11 is 0. The molecule has 27 heavy (non-hydrogen) atoms. The average Bonchev–Trinajstić information content (AvgIpc) is 3.21. The maximum atomic E-state index is 10.1. The molecule has 0 saturated carbocycles. The Morgan fingerprint density at radius 2 is 1.81 bits per heavy atom. The Kier molecular flexibility index (Phi) is 7.05. The van der Waals surface area contributed by atoms with Crippen molar-refractivity contribution in [3.05, 3.63) is 84.4 Å². The molecule has 0 amide bonds. The van der Waals surface area contributed by atoms with Crippen LogP contribution in [0.5, 0.6) is 5.75 Å². The number of para-hydroxylation sites is 1. The zero-order valence-corrected chi connectivity index (χ0v) is 15.9. The van der Waals surface area contributed by atoms with Gasteiger partial charge in [-0.25, -0.2) is 4.98 Å². The summed E-state index contributed by atoms with van der Waals surface area (Å²) in [5, 5.41) is 10.1. The van der Waals surface area contributed by atoms with Crippen LogP contribution in [0, 0.1) is 0 Å². The highest BCUT2D eigenvalue weighted by Crippen LogP contribution is 2.24. The molecule has 4 nitrogen and oxygen atoms in total. The van der Waals surface area contributed by atoms with Crippen molar-refractivity contribution in [3.63, 3.8) is 0 Å². The molecule has 1 aromatic heterocycles. The van der Waals surface area contributed by atoms with E-state index in [9.17, 15) is 5.11 Å². The van der Waals surface area contributed by atoms with Gasteiger partial charge in [0.1, 0.15) is 5.75 Å². The third-order valence-corrected chi connectivity index (χ3v) is 4.86. The molecule has 0 unspecified atom stereocenters. The predicted molar refractivity (Wildman–Crippen MR) is 108 cm³/mol. The molecule has 0 aliphatic carbocycles. The molecule has 2 aromatic carbocycles. The molecule has 2 atom stereocenters. The largest absolute Gasteiger partial charge is 0.493 e. The standard InChI is InChI=1S/C23H28N2O2/c1-19(26)22(25-16-15-24-18-25)14-13-21-11-5-6-12-23(21)27-17-7-10-20-8-3-2-4-9-20/h2-6,8-9,11-12,15-16,18-19,22,26H,7,10,13-14,17H2,1H3/t19-,22+/m0/s1. The topological polar surface area (TPSA) is 47.3 Å². The Balaban J connectivity index is 1.54. The lowest BCUT2D eigenvalue weighted by Gasteiger charge is -2.22. The first-order valence-electron chi connectivity index (χ1n) is 9.64. The van der Waals surface area contributed by atoms with E-state index in [-0.39, 0.29) is 6.04 Å². The molecule has 1 N–H and O–H groups in total. The van der Waals surface area contributed by atoms with Crippen LogP contribution < -0.4 is 4.74 Å². The van der Waals surface area contributed by atoms with Gasteiger partial charge in [-0.2, -0.15) is 0 Å². The van der Waals surface area contributed by atoms with Gasteiger partial charge in [0, 0.05) is 12.4 Å². The molecule has 0 radical (unpaired) electrons. The summed E-state index contributed by atoms with van der Waals surface area (Å²) in [6.45, 7) is 2.53. The number of aromatic nitrogens is 2. The fraction of sp³-hybridized carbons (Fsp3) is 0.348. The first-order chi connectivity index (χ1) is 13.2. The van der Waals surface area contributed by atoms with Gasteiger partial charge < -0.3 is 14.4 Å². The molecule has 0 saturated heterocycles. The van der Waals surface area contributed by atoms with Crippen molar-refractivity contribution in [1.29, 1.82) is 0 Å². The number of imidazole rings is 1. The smallest absolute Gasteiger partial charge is 0.122 e. The highest BCUT2D eigenvalue weighted by Gasteiger charge is 2.17. The number of aryl methyl sites for hydroxylation is 2. The molecule has 3 aromatic rings. The highest BCUT2D eigenvalue weighted by atomic mass is 16.5. The minimum atomic E-state index is -0.432. The average molecular weight is 364 g/mol. The predicted octanol–water partition coefficient (Wildman–Crippen LogP) is 4.45. The number of benzene rings is 2. The van der Waals surface area contributed by atoms with E-state index >= 15 is 0 Å². The molecule has 0 bridgehead atoms. The first kappa shape index (κ1) is 19.2.